The Morgan fingerprint density at radius 2 is 1.79 bits per heavy atom. The first kappa shape index (κ1) is 12.5. The van der Waals surface area contributed by atoms with Gasteiger partial charge in [0.25, 0.3) is 0 Å². The number of nitrogens with one attached hydrogen (secondary N) is 1. The van der Waals surface area contributed by atoms with Crippen LogP contribution in [0.25, 0.3) is 0 Å². The molecule has 1 aliphatic carbocycles. The van der Waals surface area contributed by atoms with E-state index in [2.05, 4.69) is 28.3 Å². The summed E-state index contributed by atoms with van der Waals surface area (Å²) in [5.41, 5.74) is 0. The van der Waals surface area contributed by atoms with E-state index in [4.69, 9.17) is 0 Å². The topological polar surface area (TPSA) is 12.0 Å². The van der Waals surface area contributed by atoms with E-state index in [0.717, 1.165) is 12.0 Å². The maximum absolute atomic E-state index is 3.48. The molecule has 0 aromatic rings. The van der Waals surface area contributed by atoms with Crippen LogP contribution in [0.3, 0.4) is 0 Å². The Kier molecular flexibility index (Phi) is 6.88. The largest absolute Gasteiger partial charge is 0.317 e. The lowest BCUT2D eigenvalue weighted by Crippen LogP contribution is -2.30. The molecule has 0 spiro atoms. The van der Waals surface area contributed by atoms with Gasteiger partial charge in [-0.25, -0.2) is 0 Å². The van der Waals surface area contributed by atoms with Crippen LogP contribution in [0.1, 0.15) is 51.4 Å². The fourth-order valence-corrected chi connectivity index (χ4v) is 2.84. The van der Waals surface area contributed by atoms with E-state index in [9.17, 15) is 0 Å². The van der Waals surface area contributed by atoms with Crippen LogP contribution in [0.2, 0.25) is 0 Å². The molecular formula is C12H24BrN. The van der Waals surface area contributed by atoms with Gasteiger partial charge in [-0.3, -0.25) is 0 Å². The third-order valence-electron chi connectivity index (χ3n) is 3.50. The predicted molar refractivity (Wildman–Crippen MR) is 67.1 cm³/mol. The molecule has 14 heavy (non-hydrogen) atoms. The first-order valence-electron chi connectivity index (χ1n) is 6.10. The number of unbranched alkanes of at least 4 members (excludes halogenated alkanes) is 2. The molecule has 84 valence electrons. The van der Waals surface area contributed by atoms with Gasteiger partial charge in [-0.15, -0.1) is 0 Å². The Labute approximate surface area is 97.2 Å². The average molecular weight is 262 g/mol. The molecule has 0 unspecified atom stereocenters. The highest BCUT2D eigenvalue weighted by atomic mass is 79.9. The second-order valence-corrected chi connectivity index (χ2v) is 5.34. The number of halogens is 1. The van der Waals surface area contributed by atoms with Crippen molar-refractivity contribution in [2.24, 2.45) is 5.92 Å². The summed E-state index contributed by atoms with van der Waals surface area (Å²) in [5.74, 6) is 1.04. The van der Waals surface area contributed by atoms with Gasteiger partial charge in [0.05, 0.1) is 0 Å². The zero-order valence-electron chi connectivity index (χ0n) is 9.40. The van der Waals surface area contributed by atoms with Crippen LogP contribution in [-0.4, -0.2) is 18.4 Å². The third kappa shape index (κ3) is 4.79. The van der Waals surface area contributed by atoms with Crippen molar-refractivity contribution in [3.8, 4) is 0 Å². The van der Waals surface area contributed by atoms with Gasteiger partial charge in [0.1, 0.15) is 0 Å². The molecule has 1 rings (SSSR count). The van der Waals surface area contributed by atoms with Crippen molar-refractivity contribution in [2.45, 2.75) is 57.4 Å². The molecule has 1 nitrogen and oxygen atoms in total. The summed E-state index contributed by atoms with van der Waals surface area (Å²) in [7, 11) is 2.10. The van der Waals surface area contributed by atoms with E-state index in [0.29, 0.717) is 0 Å². The minimum Gasteiger partial charge on any atom is -0.317 e. The maximum atomic E-state index is 3.48. The van der Waals surface area contributed by atoms with E-state index < -0.39 is 0 Å². The minimum absolute atomic E-state index is 0.814. The molecule has 1 N–H and O–H groups in total. The number of alkyl halides is 1. The number of rotatable bonds is 6. The Bertz CT molecular complexity index is 130. The molecule has 0 saturated heterocycles. The molecule has 0 aliphatic heterocycles. The Morgan fingerprint density at radius 1 is 1.07 bits per heavy atom. The minimum atomic E-state index is 0.814. The van der Waals surface area contributed by atoms with Crippen molar-refractivity contribution in [1.82, 2.24) is 5.32 Å². The zero-order chi connectivity index (χ0) is 10.2. The first-order valence-corrected chi connectivity index (χ1v) is 7.22. The van der Waals surface area contributed by atoms with Gasteiger partial charge < -0.3 is 5.32 Å². The molecule has 0 bridgehead atoms. The highest BCUT2D eigenvalue weighted by Crippen LogP contribution is 2.28. The molecule has 0 aromatic heterocycles. The Hall–Kier alpha value is 0.440. The third-order valence-corrected chi connectivity index (χ3v) is 4.06. The second kappa shape index (κ2) is 7.70. The zero-order valence-corrected chi connectivity index (χ0v) is 11.0. The van der Waals surface area contributed by atoms with Crippen molar-refractivity contribution in [3.05, 3.63) is 0 Å². The Morgan fingerprint density at radius 3 is 2.36 bits per heavy atom. The average Bonchev–Trinajstić information content (AvgIpc) is 2.25. The standard InChI is InChI=1S/C12H24BrN/c1-14-12-8-6-11(7-9-12)5-3-2-4-10-13/h11-12,14H,2-10H2,1H3. The summed E-state index contributed by atoms with van der Waals surface area (Å²) < 4.78 is 0. The quantitative estimate of drug-likeness (QED) is 0.568. The summed E-state index contributed by atoms with van der Waals surface area (Å²) in [5, 5.41) is 4.57. The van der Waals surface area contributed by atoms with Crippen molar-refractivity contribution in [3.63, 3.8) is 0 Å². The van der Waals surface area contributed by atoms with Gasteiger partial charge in [0.15, 0.2) is 0 Å². The van der Waals surface area contributed by atoms with E-state index >= 15 is 0 Å². The second-order valence-electron chi connectivity index (χ2n) is 4.54. The summed E-state index contributed by atoms with van der Waals surface area (Å²) in [6, 6.07) is 0.814. The molecule has 0 atom stereocenters. The normalized spacial score (nSPS) is 27.9. The van der Waals surface area contributed by atoms with Crippen LogP contribution in [0.4, 0.5) is 0 Å². The molecular weight excluding hydrogens is 238 g/mol. The molecule has 0 heterocycles. The molecule has 1 aliphatic rings. The van der Waals surface area contributed by atoms with Crippen LogP contribution in [0.5, 0.6) is 0 Å². The Balaban J connectivity index is 1.98. The van der Waals surface area contributed by atoms with Gasteiger partial charge in [0.2, 0.25) is 0 Å². The SMILES string of the molecule is CNC1CCC(CCCCCBr)CC1. The fourth-order valence-electron chi connectivity index (χ4n) is 2.44. The highest BCUT2D eigenvalue weighted by Gasteiger charge is 2.18. The number of hydrogen-bond acceptors (Lipinski definition) is 1. The van der Waals surface area contributed by atoms with Crippen molar-refractivity contribution >= 4 is 15.9 Å². The molecule has 1 fully saturated rings. The van der Waals surface area contributed by atoms with E-state index in [1.807, 2.05) is 0 Å². The summed E-state index contributed by atoms with van der Waals surface area (Å²) in [4.78, 5) is 0. The summed E-state index contributed by atoms with van der Waals surface area (Å²) >= 11 is 3.48. The lowest BCUT2D eigenvalue weighted by molar-refractivity contribution is 0.283. The first-order chi connectivity index (χ1) is 6.86. The van der Waals surface area contributed by atoms with E-state index in [1.165, 1.54) is 56.7 Å². The van der Waals surface area contributed by atoms with Crippen LogP contribution < -0.4 is 5.32 Å². The van der Waals surface area contributed by atoms with Crippen LogP contribution >= 0.6 is 15.9 Å². The van der Waals surface area contributed by atoms with Crippen molar-refractivity contribution in [2.75, 3.05) is 12.4 Å². The fraction of sp³-hybridized carbons (Fsp3) is 1.00. The number of hydrogen-bond donors (Lipinski definition) is 1. The monoisotopic (exact) mass is 261 g/mol. The van der Waals surface area contributed by atoms with Crippen molar-refractivity contribution in [1.29, 1.82) is 0 Å². The van der Waals surface area contributed by atoms with Gasteiger partial charge in [-0.2, -0.15) is 0 Å². The van der Waals surface area contributed by atoms with Crippen LogP contribution in [0, 0.1) is 5.92 Å². The van der Waals surface area contributed by atoms with Gasteiger partial charge in [-0.05, 0) is 45.1 Å². The summed E-state index contributed by atoms with van der Waals surface area (Å²) in [6.07, 6.45) is 11.4. The summed E-state index contributed by atoms with van der Waals surface area (Å²) in [6.45, 7) is 0. The molecule has 0 radical (unpaired) electrons. The van der Waals surface area contributed by atoms with Crippen LogP contribution in [0.15, 0.2) is 0 Å². The van der Waals surface area contributed by atoms with Gasteiger partial charge >= 0.3 is 0 Å². The molecule has 1 saturated carbocycles. The van der Waals surface area contributed by atoms with E-state index in [1.54, 1.807) is 0 Å². The molecule has 0 aromatic carbocycles. The predicted octanol–water partition coefficient (Wildman–Crippen LogP) is 3.72. The maximum Gasteiger partial charge on any atom is 0.00642 e. The highest BCUT2D eigenvalue weighted by molar-refractivity contribution is 9.09. The lowest BCUT2D eigenvalue weighted by atomic mass is 9.83. The molecule has 2 heteroatoms. The van der Waals surface area contributed by atoms with Gasteiger partial charge in [0, 0.05) is 11.4 Å². The van der Waals surface area contributed by atoms with Crippen molar-refractivity contribution < 1.29 is 0 Å². The smallest absolute Gasteiger partial charge is 0.00642 e. The lowest BCUT2D eigenvalue weighted by Gasteiger charge is -2.28. The van der Waals surface area contributed by atoms with Crippen LogP contribution in [-0.2, 0) is 0 Å². The van der Waals surface area contributed by atoms with E-state index in [-0.39, 0.29) is 0 Å². The molecule has 0 amide bonds. The van der Waals surface area contributed by atoms with Gasteiger partial charge in [-0.1, -0.05) is 35.2 Å².